The van der Waals surface area contributed by atoms with E-state index in [9.17, 15) is 0 Å². The minimum absolute atomic E-state index is 0.151. The lowest BCUT2D eigenvalue weighted by Crippen LogP contribution is -2.18. The Morgan fingerprint density at radius 1 is 0.485 bits per heavy atom. The molecule has 0 bridgehead atoms. The van der Waals surface area contributed by atoms with Gasteiger partial charge in [-0.2, -0.15) is 0 Å². The van der Waals surface area contributed by atoms with Crippen LogP contribution >= 0.6 is 0 Å². The van der Waals surface area contributed by atoms with Crippen molar-refractivity contribution in [3.63, 3.8) is 0 Å². The van der Waals surface area contributed by atoms with Gasteiger partial charge in [-0.05, 0) is 150 Å². The van der Waals surface area contributed by atoms with E-state index >= 15 is 0 Å². The molecule has 0 fully saturated rings. The number of benzene rings is 7. The second-order valence-corrected chi connectivity index (χ2v) is 18.3. The van der Waals surface area contributed by atoms with E-state index in [-0.39, 0.29) is 5.41 Å². The van der Waals surface area contributed by atoms with Crippen LogP contribution in [0, 0.1) is 40.5 Å². The highest BCUT2D eigenvalue weighted by Gasteiger charge is 2.24. The van der Waals surface area contributed by atoms with E-state index in [1.165, 1.54) is 108 Å². The fraction of sp³-hybridized carbons (Fsp3) is 0.212. The van der Waals surface area contributed by atoms with Crippen molar-refractivity contribution < 1.29 is 0 Å². The maximum Gasteiger partial charge on any atom is -0.00201 e. The molecule has 0 amide bonds. The molecule has 0 heterocycles. The number of terminal acetylenes is 1. The van der Waals surface area contributed by atoms with Crippen LogP contribution in [-0.4, -0.2) is 0 Å². The third-order valence-corrected chi connectivity index (χ3v) is 12.6. The molecule has 332 valence electrons. The van der Waals surface area contributed by atoms with E-state index in [1.54, 1.807) is 0 Å². The van der Waals surface area contributed by atoms with Gasteiger partial charge in [0.05, 0.1) is 0 Å². The van der Waals surface area contributed by atoms with Crippen LogP contribution in [0.2, 0.25) is 0 Å². The number of fused-ring (bicyclic) bond motifs is 2. The number of allylic oxidation sites excluding steroid dienone is 10. The standard InChI is InChI=1S/C33H34.C13H14.C11H10.C7H8.C2H2/c1-24-10-15-28(16-11-24)29-17-12-25(13-18-29)21-26-14-19-32-31(22-26)23-30-8-5-4-7-27(30)9-6-20-33(32,2)3;1-11-7-9-13(10-8-11)12-5-3-2-4-6-12;1-9-5-4-7-10-6-2-3-8-11(9)10;1-7-5-3-2-4-6-7;1-2/h5-6,8-19,22H,4,7,20-21,23H2,1-3H3;3,5-10H,2,4H2,1H3;2-8H,1H3;2-6H,1H3;1-2H/b9-6-;;;;. The van der Waals surface area contributed by atoms with Gasteiger partial charge in [0.1, 0.15) is 0 Å². The van der Waals surface area contributed by atoms with Gasteiger partial charge in [0.25, 0.3) is 0 Å². The fourth-order valence-electron chi connectivity index (χ4n) is 8.76. The second-order valence-electron chi connectivity index (χ2n) is 18.3. The Balaban J connectivity index is 0.000000176. The van der Waals surface area contributed by atoms with Gasteiger partial charge in [0.2, 0.25) is 0 Å². The molecule has 3 aliphatic carbocycles. The second kappa shape index (κ2) is 24.4. The quantitative estimate of drug-likeness (QED) is 0.155. The zero-order valence-corrected chi connectivity index (χ0v) is 40.2. The Labute approximate surface area is 397 Å². The van der Waals surface area contributed by atoms with E-state index in [1.807, 2.05) is 18.2 Å². The molecule has 0 unspecified atom stereocenters. The maximum atomic E-state index is 4.00. The molecule has 0 radical (unpaired) electrons. The van der Waals surface area contributed by atoms with Crippen molar-refractivity contribution in [2.24, 2.45) is 0 Å². The van der Waals surface area contributed by atoms with Crippen molar-refractivity contribution in [1.29, 1.82) is 0 Å². The van der Waals surface area contributed by atoms with Crippen LogP contribution in [0.25, 0.3) is 27.5 Å². The summed E-state index contributed by atoms with van der Waals surface area (Å²) in [6.07, 6.45) is 32.1. The largest absolute Gasteiger partial charge is 0.124 e. The van der Waals surface area contributed by atoms with Gasteiger partial charge in [-0.25, -0.2) is 0 Å². The predicted molar refractivity (Wildman–Crippen MR) is 289 cm³/mol. The number of rotatable bonds is 4. The Hall–Kier alpha value is -6.94. The highest BCUT2D eigenvalue weighted by Crippen LogP contribution is 2.36. The van der Waals surface area contributed by atoms with Crippen molar-refractivity contribution >= 4 is 16.3 Å². The Bertz CT molecular complexity index is 2790. The predicted octanol–water partition coefficient (Wildman–Crippen LogP) is 17.8. The average Bonchev–Trinajstić information content (AvgIpc) is 3.40. The number of aryl methyl sites for hydroxylation is 4. The Morgan fingerprint density at radius 2 is 1.06 bits per heavy atom. The van der Waals surface area contributed by atoms with Gasteiger partial charge in [0.15, 0.2) is 0 Å². The molecule has 66 heavy (non-hydrogen) atoms. The molecule has 3 aliphatic rings. The van der Waals surface area contributed by atoms with Crippen LogP contribution in [0.1, 0.15) is 96.0 Å². The lowest BCUT2D eigenvalue weighted by Gasteiger charge is -2.27. The van der Waals surface area contributed by atoms with Crippen molar-refractivity contribution in [3.05, 3.63) is 268 Å². The molecule has 0 N–H and O–H groups in total. The first-order valence-corrected chi connectivity index (χ1v) is 23.7. The summed E-state index contributed by atoms with van der Waals surface area (Å²) in [5.41, 5.74) is 19.5. The number of hydrogen-bond acceptors (Lipinski definition) is 0. The lowest BCUT2D eigenvalue weighted by atomic mass is 9.77. The van der Waals surface area contributed by atoms with Gasteiger partial charge in [0, 0.05) is 0 Å². The number of hydrogen-bond donors (Lipinski definition) is 0. The lowest BCUT2D eigenvalue weighted by molar-refractivity contribution is 0.529. The van der Waals surface area contributed by atoms with Gasteiger partial charge in [-0.3, -0.25) is 0 Å². The van der Waals surface area contributed by atoms with E-state index in [0.29, 0.717) is 0 Å². The molecule has 0 saturated heterocycles. The normalized spacial score (nSPS) is 14.8. The van der Waals surface area contributed by atoms with E-state index < -0.39 is 0 Å². The van der Waals surface area contributed by atoms with Gasteiger partial charge < -0.3 is 0 Å². The van der Waals surface area contributed by atoms with E-state index in [0.717, 1.165) is 25.7 Å². The fourth-order valence-corrected chi connectivity index (χ4v) is 8.76. The van der Waals surface area contributed by atoms with Crippen molar-refractivity contribution in [3.8, 4) is 24.0 Å². The van der Waals surface area contributed by atoms with Crippen LogP contribution in [0.3, 0.4) is 0 Å². The van der Waals surface area contributed by atoms with Crippen molar-refractivity contribution in [2.75, 3.05) is 0 Å². The highest BCUT2D eigenvalue weighted by molar-refractivity contribution is 5.85. The third-order valence-electron chi connectivity index (χ3n) is 12.6. The van der Waals surface area contributed by atoms with Crippen LogP contribution in [-0.2, 0) is 18.3 Å². The average molecular weight is 861 g/mol. The Morgan fingerprint density at radius 3 is 1.70 bits per heavy atom. The third kappa shape index (κ3) is 14.0. The van der Waals surface area contributed by atoms with E-state index in [2.05, 4.69) is 243 Å². The molecule has 0 saturated carbocycles. The zero-order chi connectivity index (χ0) is 46.7. The first-order valence-electron chi connectivity index (χ1n) is 23.7. The maximum absolute atomic E-state index is 4.00. The highest BCUT2D eigenvalue weighted by atomic mass is 14.3. The monoisotopic (exact) mass is 861 g/mol. The van der Waals surface area contributed by atoms with Crippen LogP contribution in [0.5, 0.6) is 0 Å². The SMILES string of the molecule is C#C.Cc1ccc(-c2ccc(Cc3ccc4c(c3)CC3=C(/C=C\CC4(C)C)CCC=C3)cc2)cc1.Cc1ccc(C2=CCCC=C2)cc1.Cc1cccc2ccccc12.Cc1ccccc1. The van der Waals surface area contributed by atoms with Gasteiger partial charge in [-0.1, -0.05) is 237 Å². The molecule has 10 rings (SSSR count). The molecule has 0 spiro atoms. The summed E-state index contributed by atoms with van der Waals surface area (Å²) in [5.74, 6) is 0. The molecular formula is C66H68. The summed E-state index contributed by atoms with van der Waals surface area (Å²) in [7, 11) is 0. The van der Waals surface area contributed by atoms with Gasteiger partial charge in [-0.15, -0.1) is 12.8 Å². The molecule has 0 aliphatic heterocycles. The molecule has 0 heteroatoms. The van der Waals surface area contributed by atoms with E-state index in [4.69, 9.17) is 0 Å². The summed E-state index contributed by atoms with van der Waals surface area (Å²) < 4.78 is 0. The molecule has 0 nitrogen and oxygen atoms in total. The van der Waals surface area contributed by atoms with Crippen molar-refractivity contribution in [1.82, 2.24) is 0 Å². The van der Waals surface area contributed by atoms with Crippen molar-refractivity contribution in [2.45, 2.75) is 91.9 Å². The first-order chi connectivity index (χ1) is 32.1. The van der Waals surface area contributed by atoms with Crippen LogP contribution in [0.4, 0.5) is 0 Å². The minimum Gasteiger partial charge on any atom is -0.124 e. The molecule has 7 aromatic carbocycles. The topological polar surface area (TPSA) is 0 Å². The summed E-state index contributed by atoms with van der Waals surface area (Å²) in [4.78, 5) is 0. The molecule has 0 atom stereocenters. The molecular weight excluding hydrogens is 793 g/mol. The summed E-state index contributed by atoms with van der Waals surface area (Å²) >= 11 is 0. The van der Waals surface area contributed by atoms with Gasteiger partial charge >= 0.3 is 0 Å². The Kier molecular flexibility index (Phi) is 17.9. The zero-order valence-electron chi connectivity index (χ0n) is 40.2. The molecule has 7 aromatic rings. The first kappa shape index (κ1) is 48.5. The summed E-state index contributed by atoms with van der Waals surface area (Å²) in [5, 5.41) is 2.68. The summed E-state index contributed by atoms with van der Waals surface area (Å²) in [6.45, 7) is 13.3. The summed E-state index contributed by atoms with van der Waals surface area (Å²) in [6, 6.07) is 58.9. The smallest absolute Gasteiger partial charge is 0.00201 e. The minimum atomic E-state index is 0.151. The molecule has 0 aromatic heterocycles. The van der Waals surface area contributed by atoms with Crippen LogP contribution < -0.4 is 0 Å². The van der Waals surface area contributed by atoms with Crippen LogP contribution in [0.15, 0.2) is 217 Å².